The number of rotatable bonds is 7. The molecule has 1 rings (SSSR count). The minimum Gasteiger partial charge on any atom is -0.478 e. The second-order valence-corrected chi connectivity index (χ2v) is 4.95. The molecule has 106 valence electrons. The Balaban J connectivity index is 2.79. The number of aromatic carboxylic acids is 1. The molecule has 0 aliphatic heterocycles. The van der Waals surface area contributed by atoms with Crippen molar-refractivity contribution in [3.8, 4) is 0 Å². The summed E-state index contributed by atoms with van der Waals surface area (Å²) in [4.78, 5) is 17.7. The van der Waals surface area contributed by atoms with Gasteiger partial charge in [-0.25, -0.2) is 9.78 Å². The van der Waals surface area contributed by atoms with Crippen LogP contribution in [-0.4, -0.2) is 47.6 Å². The van der Waals surface area contributed by atoms with Gasteiger partial charge in [0.1, 0.15) is 5.82 Å². The monoisotopic (exact) mass is 265 g/mol. The fourth-order valence-electron chi connectivity index (χ4n) is 1.59. The number of anilines is 1. The zero-order chi connectivity index (χ0) is 14.4. The summed E-state index contributed by atoms with van der Waals surface area (Å²) in [6.45, 7) is 8.73. The molecule has 0 aliphatic carbocycles. The summed E-state index contributed by atoms with van der Waals surface area (Å²) in [6.07, 6.45) is 0. The fraction of sp³-hybridized carbons (Fsp3) is 0.571. The highest BCUT2D eigenvalue weighted by atomic mass is 16.4. The summed E-state index contributed by atoms with van der Waals surface area (Å²) >= 11 is 0. The van der Waals surface area contributed by atoms with E-state index in [0.717, 1.165) is 25.3 Å². The standard InChI is InChI=1S/C14H23N3O2/c1-5-17(4)7-6-15-13-9-11(14(18)19)8-12(16-13)10(2)3/h8-10H,5-7H2,1-4H3,(H,15,16)(H,18,19). The zero-order valence-electron chi connectivity index (χ0n) is 12.1. The molecule has 0 fully saturated rings. The van der Waals surface area contributed by atoms with Crippen LogP contribution >= 0.6 is 0 Å². The van der Waals surface area contributed by atoms with Gasteiger partial charge in [0, 0.05) is 18.8 Å². The molecule has 0 unspecified atom stereocenters. The summed E-state index contributed by atoms with van der Waals surface area (Å²) in [6, 6.07) is 3.22. The van der Waals surface area contributed by atoms with Gasteiger partial charge in [0.05, 0.1) is 5.56 Å². The van der Waals surface area contributed by atoms with E-state index >= 15 is 0 Å². The van der Waals surface area contributed by atoms with Crippen molar-refractivity contribution >= 4 is 11.8 Å². The van der Waals surface area contributed by atoms with Crippen molar-refractivity contribution in [2.24, 2.45) is 0 Å². The smallest absolute Gasteiger partial charge is 0.335 e. The van der Waals surface area contributed by atoms with Crippen LogP contribution in [0, 0.1) is 0 Å². The van der Waals surface area contributed by atoms with Crippen LogP contribution < -0.4 is 5.32 Å². The Morgan fingerprint density at radius 1 is 1.47 bits per heavy atom. The number of hydrogen-bond acceptors (Lipinski definition) is 4. The summed E-state index contributed by atoms with van der Waals surface area (Å²) in [5.74, 6) is -0.0794. The lowest BCUT2D eigenvalue weighted by molar-refractivity contribution is 0.0696. The van der Waals surface area contributed by atoms with Crippen molar-refractivity contribution < 1.29 is 9.90 Å². The maximum absolute atomic E-state index is 11.1. The van der Waals surface area contributed by atoms with Crippen molar-refractivity contribution in [2.75, 3.05) is 32.0 Å². The highest BCUT2D eigenvalue weighted by Crippen LogP contribution is 2.17. The van der Waals surface area contributed by atoms with Gasteiger partial charge in [-0.3, -0.25) is 0 Å². The maximum Gasteiger partial charge on any atom is 0.335 e. The summed E-state index contributed by atoms with van der Waals surface area (Å²) in [7, 11) is 2.04. The van der Waals surface area contributed by atoms with E-state index in [9.17, 15) is 4.79 Å². The number of carboxylic acids is 1. The van der Waals surface area contributed by atoms with Crippen molar-refractivity contribution in [1.82, 2.24) is 9.88 Å². The third kappa shape index (κ3) is 4.87. The first-order valence-electron chi connectivity index (χ1n) is 6.61. The van der Waals surface area contributed by atoms with Crippen LogP contribution in [0.1, 0.15) is 42.7 Å². The Morgan fingerprint density at radius 2 is 2.16 bits per heavy atom. The fourth-order valence-corrected chi connectivity index (χ4v) is 1.59. The largest absolute Gasteiger partial charge is 0.478 e. The van der Waals surface area contributed by atoms with Gasteiger partial charge >= 0.3 is 5.97 Å². The number of aromatic nitrogens is 1. The Bertz CT molecular complexity index is 433. The molecular weight excluding hydrogens is 242 g/mol. The second-order valence-electron chi connectivity index (χ2n) is 4.95. The summed E-state index contributed by atoms with van der Waals surface area (Å²) in [5, 5.41) is 12.3. The molecule has 1 heterocycles. The molecule has 5 nitrogen and oxygen atoms in total. The van der Waals surface area contributed by atoms with Crippen LogP contribution in [0.2, 0.25) is 0 Å². The predicted molar refractivity (Wildman–Crippen MR) is 76.9 cm³/mol. The minimum atomic E-state index is -0.918. The minimum absolute atomic E-state index is 0.207. The number of carbonyl (C=O) groups is 1. The number of pyridine rings is 1. The van der Waals surface area contributed by atoms with Crippen LogP contribution in [0.4, 0.5) is 5.82 Å². The van der Waals surface area contributed by atoms with Crippen molar-refractivity contribution in [2.45, 2.75) is 26.7 Å². The van der Waals surface area contributed by atoms with Crippen molar-refractivity contribution in [3.63, 3.8) is 0 Å². The second kappa shape index (κ2) is 7.09. The van der Waals surface area contributed by atoms with Crippen LogP contribution in [0.25, 0.3) is 0 Å². The lowest BCUT2D eigenvalue weighted by Gasteiger charge is -2.15. The Hall–Kier alpha value is -1.62. The molecule has 0 amide bonds. The van der Waals surface area contributed by atoms with Gasteiger partial charge in [-0.2, -0.15) is 0 Å². The SMILES string of the molecule is CCN(C)CCNc1cc(C(=O)O)cc(C(C)C)n1. The molecule has 5 heteroatoms. The third-order valence-corrected chi connectivity index (χ3v) is 3.02. The van der Waals surface area contributed by atoms with E-state index in [2.05, 4.69) is 22.1 Å². The van der Waals surface area contributed by atoms with Gasteiger partial charge < -0.3 is 15.3 Å². The van der Waals surface area contributed by atoms with Gasteiger partial charge in [0.15, 0.2) is 0 Å². The maximum atomic E-state index is 11.1. The third-order valence-electron chi connectivity index (χ3n) is 3.02. The first kappa shape index (κ1) is 15.4. The first-order valence-corrected chi connectivity index (χ1v) is 6.61. The molecule has 1 aromatic heterocycles. The van der Waals surface area contributed by atoms with E-state index in [-0.39, 0.29) is 11.5 Å². The van der Waals surface area contributed by atoms with Crippen LogP contribution in [0.3, 0.4) is 0 Å². The summed E-state index contributed by atoms with van der Waals surface area (Å²) in [5.41, 5.74) is 1.08. The molecule has 19 heavy (non-hydrogen) atoms. The highest BCUT2D eigenvalue weighted by molar-refractivity contribution is 5.88. The average Bonchev–Trinajstić information content (AvgIpc) is 2.38. The molecule has 0 saturated carbocycles. The molecule has 1 aromatic rings. The molecular formula is C14H23N3O2. The molecule has 0 aromatic carbocycles. The predicted octanol–water partition coefficient (Wildman–Crippen LogP) is 2.27. The zero-order valence-corrected chi connectivity index (χ0v) is 12.1. The molecule has 2 N–H and O–H groups in total. The van der Waals surface area contributed by atoms with Gasteiger partial charge in [-0.05, 0) is 31.6 Å². The van der Waals surface area contributed by atoms with Gasteiger partial charge in [0.2, 0.25) is 0 Å². The van der Waals surface area contributed by atoms with Gasteiger partial charge in [-0.15, -0.1) is 0 Å². The van der Waals surface area contributed by atoms with Crippen LogP contribution in [0.15, 0.2) is 12.1 Å². The molecule has 0 saturated heterocycles. The number of likely N-dealkylation sites (N-methyl/N-ethyl adjacent to an activating group) is 1. The van der Waals surface area contributed by atoms with Crippen molar-refractivity contribution in [3.05, 3.63) is 23.4 Å². The van der Waals surface area contributed by atoms with Crippen LogP contribution in [0.5, 0.6) is 0 Å². The quantitative estimate of drug-likeness (QED) is 0.791. The average molecular weight is 265 g/mol. The summed E-state index contributed by atoms with van der Waals surface area (Å²) < 4.78 is 0. The molecule has 0 atom stereocenters. The molecule has 0 aliphatic rings. The Labute approximate surface area is 114 Å². The molecule has 0 radical (unpaired) electrons. The Morgan fingerprint density at radius 3 is 2.68 bits per heavy atom. The van der Waals surface area contributed by atoms with Crippen LogP contribution in [-0.2, 0) is 0 Å². The Kier molecular flexibility index (Phi) is 5.76. The number of nitrogens with one attached hydrogen (secondary N) is 1. The number of carboxylic acid groups (broad SMARTS) is 1. The van der Waals surface area contributed by atoms with E-state index in [1.165, 1.54) is 0 Å². The first-order chi connectivity index (χ1) is 8.93. The van der Waals surface area contributed by atoms with Gasteiger partial charge in [0.25, 0.3) is 0 Å². The normalized spacial score (nSPS) is 11.1. The van der Waals surface area contributed by atoms with Gasteiger partial charge in [-0.1, -0.05) is 20.8 Å². The molecule has 0 spiro atoms. The number of hydrogen-bond donors (Lipinski definition) is 2. The van der Waals surface area contributed by atoms with Crippen molar-refractivity contribution in [1.29, 1.82) is 0 Å². The van der Waals surface area contributed by atoms with E-state index < -0.39 is 5.97 Å². The number of nitrogens with zero attached hydrogens (tertiary/aromatic N) is 2. The lowest BCUT2D eigenvalue weighted by Crippen LogP contribution is -2.25. The van der Waals surface area contributed by atoms with E-state index in [1.807, 2.05) is 20.9 Å². The van der Waals surface area contributed by atoms with E-state index in [4.69, 9.17) is 5.11 Å². The van der Waals surface area contributed by atoms with E-state index in [1.54, 1.807) is 12.1 Å². The lowest BCUT2D eigenvalue weighted by atomic mass is 10.1. The van der Waals surface area contributed by atoms with E-state index in [0.29, 0.717) is 5.82 Å². The molecule has 0 bridgehead atoms. The highest BCUT2D eigenvalue weighted by Gasteiger charge is 2.10. The topological polar surface area (TPSA) is 65.5 Å².